The molecule has 0 aliphatic carbocycles. The van der Waals surface area contributed by atoms with E-state index in [1.165, 1.54) is 4.90 Å². The van der Waals surface area contributed by atoms with Crippen molar-refractivity contribution in [2.75, 3.05) is 31.1 Å². The summed E-state index contributed by atoms with van der Waals surface area (Å²) in [6, 6.07) is 8.02. The van der Waals surface area contributed by atoms with Gasteiger partial charge in [0.1, 0.15) is 6.42 Å². The van der Waals surface area contributed by atoms with Crippen LogP contribution in [0.25, 0.3) is 5.32 Å². The van der Waals surface area contributed by atoms with Gasteiger partial charge in [0.15, 0.2) is 0 Å². The number of nitrogens with zero attached hydrogens (tertiary/aromatic N) is 6. The molecule has 1 saturated heterocycles. The van der Waals surface area contributed by atoms with Crippen LogP contribution < -0.4 is 4.90 Å². The fraction of sp³-hybridized carbons (Fsp3) is 0.542. The molecule has 3 heterocycles. The summed E-state index contributed by atoms with van der Waals surface area (Å²) in [7, 11) is 1.96. The molecular weight excluding hydrogens is 445 g/mol. The molecule has 7 nitrogen and oxygen atoms in total. The molecule has 0 saturated carbocycles. The minimum Gasteiger partial charge on any atom is -0.658 e. The molecule has 1 amide bonds. The van der Waals surface area contributed by atoms with E-state index in [1.54, 1.807) is 6.33 Å². The number of carbonyl (C=O) groups is 1. The highest BCUT2D eigenvalue weighted by Gasteiger charge is 2.34. The largest absolute Gasteiger partial charge is 0.658 e. The van der Waals surface area contributed by atoms with Crippen LogP contribution in [-0.4, -0.2) is 58.8 Å². The number of hydrogen-bond acceptors (Lipinski definition) is 4. The number of fused-ring (bicyclic) bond motifs is 1. The minimum absolute atomic E-state index is 0.0551. The molecule has 1 aromatic heterocycles. The number of hydrogen-bond donors (Lipinski definition) is 0. The Morgan fingerprint density at radius 2 is 2.06 bits per heavy atom. The fourth-order valence-electron chi connectivity index (χ4n) is 4.75. The summed E-state index contributed by atoms with van der Waals surface area (Å²) in [5, 5.41) is 14.3. The van der Waals surface area contributed by atoms with E-state index in [0.29, 0.717) is 44.6 Å². The number of rotatable bonds is 6. The van der Waals surface area contributed by atoms with Gasteiger partial charge >= 0.3 is 6.18 Å². The fourth-order valence-corrected chi connectivity index (χ4v) is 4.75. The third-order valence-electron chi connectivity index (χ3n) is 6.65. The maximum atomic E-state index is 12.5. The number of aryl methyl sites for hydroxylation is 1. The number of carbonyl (C=O) groups excluding carboxylic acids is 1. The molecule has 1 unspecified atom stereocenters. The quantitative estimate of drug-likeness (QED) is 0.640. The van der Waals surface area contributed by atoms with Crippen LogP contribution in [0.15, 0.2) is 30.7 Å². The summed E-state index contributed by atoms with van der Waals surface area (Å²) in [4.78, 5) is 19.6. The predicted octanol–water partition coefficient (Wildman–Crippen LogP) is 3.79. The van der Waals surface area contributed by atoms with Crippen LogP contribution >= 0.6 is 0 Å². The van der Waals surface area contributed by atoms with E-state index in [0.717, 1.165) is 29.9 Å². The lowest BCUT2D eigenvalue weighted by Gasteiger charge is -2.45. The van der Waals surface area contributed by atoms with Crippen molar-refractivity contribution in [3.63, 3.8) is 0 Å². The molecule has 0 N–H and O–H groups in total. The van der Waals surface area contributed by atoms with Crippen molar-refractivity contribution in [3.8, 4) is 6.07 Å². The Morgan fingerprint density at radius 1 is 1.29 bits per heavy atom. The first-order valence-corrected chi connectivity index (χ1v) is 11.5. The predicted molar refractivity (Wildman–Crippen MR) is 121 cm³/mol. The summed E-state index contributed by atoms with van der Waals surface area (Å²) >= 11 is 0. The molecule has 0 radical (unpaired) electrons. The van der Waals surface area contributed by atoms with Gasteiger partial charge in [-0.2, -0.15) is 18.4 Å². The second-order valence-electron chi connectivity index (χ2n) is 9.17. The molecule has 4 rings (SSSR count). The van der Waals surface area contributed by atoms with Crippen molar-refractivity contribution in [3.05, 3.63) is 52.9 Å². The van der Waals surface area contributed by atoms with Gasteiger partial charge in [-0.05, 0) is 43.0 Å². The van der Waals surface area contributed by atoms with Crippen LogP contribution in [0, 0.1) is 17.2 Å². The third-order valence-corrected chi connectivity index (χ3v) is 6.65. The first kappa shape index (κ1) is 24.1. The Hall–Kier alpha value is -3.06. The van der Waals surface area contributed by atoms with Crippen LogP contribution in [0.3, 0.4) is 0 Å². The van der Waals surface area contributed by atoms with Crippen LogP contribution in [0.1, 0.15) is 36.1 Å². The summed E-state index contributed by atoms with van der Waals surface area (Å²) in [5.41, 5.74) is 3.89. The second-order valence-corrected chi connectivity index (χ2v) is 9.17. The second kappa shape index (κ2) is 10.1. The van der Waals surface area contributed by atoms with Crippen LogP contribution in [-0.2, 0) is 24.8 Å². The van der Waals surface area contributed by atoms with Gasteiger partial charge in [-0.3, -0.25) is 4.79 Å². The Kier molecular flexibility index (Phi) is 7.12. The van der Waals surface area contributed by atoms with Crippen molar-refractivity contribution in [2.24, 2.45) is 13.0 Å². The maximum Gasteiger partial charge on any atom is 0.397 e. The summed E-state index contributed by atoms with van der Waals surface area (Å²) in [6.45, 7) is 2.74. The number of piperidine rings is 1. The third kappa shape index (κ3) is 5.89. The first-order valence-electron chi connectivity index (χ1n) is 11.5. The number of benzene rings is 1. The molecule has 2 aliphatic heterocycles. The number of halogens is 3. The molecule has 0 bridgehead atoms. The average Bonchev–Trinajstić information content (AvgIpc) is 3.20. The monoisotopic (exact) mass is 473 g/mol. The molecule has 182 valence electrons. The average molecular weight is 474 g/mol. The summed E-state index contributed by atoms with van der Waals surface area (Å²) < 4.78 is 39.5. The number of imidazole rings is 1. The zero-order valence-corrected chi connectivity index (χ0v) is 19.1. The molecule has 34 heavy (non-hydrogen) atoms. The zero-order valence-electron chi connectivity index (χ0n) is 19.1. The highest BCUT2D eigenvalue weighted by atomic mass is 19.4. The van der Waals surface area contributed by atoms with Crippen molar-refractivity contribution >= 4 is 11.6 Å². The smallest absolute Gasteiger partial charge is 0.397 e. The standard InChI is InChI=1S/C24H28F3N6O/c1-31-16-29-13-21(31)15-33-14-20(9-19-8-18(11-28)2-3-22(19)33)30-12-17-4-6-32(7-5-17)23(34)10-24(25,26)27/h2-3,8,13,16-17,20H,4-7,9-10,12,14-15H2,1H3/q-1. The molecule has 1 atom stereocenters. The van der Waals surface area contributed by atoms with E-state index in [4.69, 9.17) is 5.32 Å². The van der Waals surface area contributed by atoms with E-state index >= 15 is 0 Å². The van der Waals surface area contributed by atoms with Crippen molar-refractivity contribution < 1.29 is 18.0 Å². The van der Waals surface area contributed by atoms with Crippen LogP contribution in [0.4, 0.5) is 18.9 Å². The van der Waals surface area contributed by atoms with E-state index < -0.39 is 18.5 Å². The highest BCUT2D eigenvalue weighted by Crippen LogP contribution is 2.33. The van der Waals surface area contributed by atoms with E-state index in [2.05, 4.69) is 16.0 Å². The molecular formula is C24H28F3N6O-. The van der Waals surface area contributed by atoms with Crippen molar-refractivity contribution in [1.29, 1.82) is 5.26 Å². The number of likely N-dealkylation sites (tertiary alicyclic amines) is 1. The van der Waals surface area contributed by atoms with Gasteiger partial charge in [-0.25, -0.2) is 4.98 Å². The molecule has 1 fully saturated rings. The lowest BCUT2D eigenvalue weighted by molar-refractivity contribution is -0.162. The molecule has 2 aromatic rings. The number of aromatic nitrogens is 2. The highest BCUT2D eigenvalue weighted by molar-refractivity contribution is 5.76. The zero-order chi connectivity index (χ0) is 24.3. The van der Waals surface area contributed by atoms with Gasteiger partial charge in [0, 0.05) is 38.6 Å². The Bertz CT molecular complexity index is 1050. The maximum absolute atomic E-state index is 12.5. The van der Waals surface area contributed by atoms with Gasteiger partial charge in [0.2, 0.25) is 5.91 Å². The Morgan fingerprint density at radius 3 is 2.71 bits per heavy atom. The number of alkyl halides is 3. The Labute approximate surface area is 197 Å². The van der Waals surface area contributed by atoms with Gasteiger partial charge in [-0.15, -0.1) is 12.6 Å². The van der Waals surface area contributed by atoms with E-state index in [-0.39, 0.29) is 12.0 Å². The Balaban J connectivity index is 1.36. The summed E-state index contributed by atoms with van der Waals surface area (Å²) in [6.07, 6.45) is -0.171. The molecule has 1 aromatic carbocycles. The number of anilines is 1. The SMILES string of the molecule is Cn1cncc1CN1CC([N-]CC2CCN(C(=O)CC(F)(F)F)CC2)Cc2cc(C#N)ccc21. The first-order chi connectivity index (χ1) is 16.2. The van der Waals surface area contributed by atoms with Gasteiger partial charge < -0.3 is 19.7 Å². The topological polar surface area (TPSA) is 79.3 Å². The normalized spacial score (nSPS) is 19.1. The summed E-state index contributed by atoms with van der Waals surface area (Å²) in [5.74, 6) is -0.585. The molecule has 0 spiro atoms. The number of nitriles is 1. The lowest BCUT2D eigenvalue weighted by atomic mass is 9.93. The van der Waals surface area contributed by atoms with Crippen LogP contribution in [0.5, 0.6) is 0 Å². The van der Waals surface area contributed by atoms with Crippen LogP contribution in [0.2, 0.25) is 0 Å². The van der Waals surface area contributed by atoms with E-state index in [1.807, 2.05) is 36.0 Å². The van der Waals surface area contributed by atoms with Gasteiger partial charge in [-0.1, -0.05) is 5.92 Å². The molecule has 2 aliphatic rings. The number of amides is 1. The van der Waals surface area contributed by atoms with Gasteiger partial charge in [0.05, 0.1) is 30.2 Å². The lowest BCUT2D eigenvalue weighted by Crippen LogP contribution is -2.42. The van der Waals surface area contributed by atoms with E-state index in [9.17, 15) is 23.2 Å². The van der Waals surface area contributed by atoms with Gasteiger partial charge in [0.25, 0.3) is 0 Å². The van der Waals surface area contributed by atoms with Crippen molar-refractivity contribution in [1.82, 2.24) is 14.5 Å². The minimum atomic E-state index is -4.46. The molecule has 10 heteroatoms. The van der Waals surface area contributed by atoms with Crippen molar-refractivity contribution in [2.45, 2.75) is 44.4 Å².